The monoisotopic (exact) mass is 226 g/mol. The summed E-state index contributed by atoms with van der Waals surface area (Å²) in [6, 6.07) is 0.637. The van der Waals surface area contributed by atoms with Crippen LogP contribution in [0.3, 0.4) is 0 Å². The van der Waals surface area contributed by atoms with Crippen LogP contribution in [0.25, 0.3) is 0 Å². The average molecular weight is 226 g/mol. The summed E-state index contributed by atoms with van der Waals surface area (Å²) in [6.07, 6.45) is 0. The fourth-order valence-corrected chi connectivity index (χ4v) is 2.29. The summed E-state index contributed by atoms with van der Waals surface area (Å²) in [7, 11) is 0. The third-order valence-electron chi connectivity index (χ3n) is 2.24. The summed E-state index contributed by atoms with van der Waals surface area (Å²) in [6.45, 7) is 10.3. The minimum Gasteiger partial charge on any atom is -0.351 e. The van der Waals surface area contributed by atoms with Crippen molar-refractivity contribution in [2.45, 2.75) is 46.7 Å². The van der Waals surface area contributed by atoms with Gasteiger partial charge < -0.3 is 4.90 Å². The molecule has 0 fully saturated rings. The Hall–Kier alpha value is -0.970. The number of hydrogen-bond donors (Lipinski definition) is 1. The Morgan fingerprint density at radius 3 is 2.13 bits per heavy atom. The highest BCUT2D eigenvalue weighted by Crippen LogP contribution is 2.16. The molecule has 0 aliphatic carbocycles. The minimum atomic E-state index is 0.319. The van der Waals surface area contributed by atoms with Crippen molar-refractivity contribution in [1.29, 1.82) is 5.41 Å². The maximum atomic E-state index is 8.16. The van der Waals surface area contributed by atoms with Gasteiger partial charge in [0, 0.05) is 12.1 Å². The van der Waals surface area contributed by atoms with Crippen LogP contribution in [0.1, 0.15) is 38.3 Å². The first kappa shape index (κ1) is 12.1. The molecule has 84 valence electrons. The van der Waals surface area contributed by atoms with E-state index < -0.39 is 0 Å². The average Bonchev–Trinajstić information content (AvgIpc) is 2.49. The fraction of sp³-hybridized carbons (Fsp3) is 0.700. The van der Waals surface area contributed by atoms with E-state index in [-0.39, 0.29) is 0 Å². The molecular weight excluding hydrogens is 208 g/mol. The van der Waals surface area contributed by atoms with E-state index in [0.29, 0.717) is 17.9 Å². The maximum Gasteiger partial charge on any atom is 0.142 e. The lowest BCUT2D eigenvalue weighted by molar-refractivity contribution is 0.291. The van der Waals surface area contributed by atoms with E-state index in [1.54, 1.807) is 0 Å². The van der Waals surface area contributed by atoms with Gasteiger partial charge in [-0.15, -0.1) is 5.10 Å². The van der Waals surface area contributed by atoms with Crippen molar-refractivity contribution < 1.29 is 0 Å². The van der Waals surface area contributed by atoms with Crippen molar-refractivity contribution in [3.63, 3.8) is 0 Å². The Bertz CT molecular complexity index is 335. The molecule has 0 bridgehead atoms. The van der Waals surface area contributed by atoms with Crippen LogP contribution in [0.4, 0.5) is 0 Å². The number of aromatic nitrogens is 2. The quantitative estimate of drug-likeness (QED) is 0.635. The molecule has 0 radical (unpaired) electrons. The van der Waals surface area contributed by atoms with Gasteiger partial charge in [0.1, 0.15) is 10.7 Å². The Kier molecular flexibility index (Phi) is 3.79. The summed E-state index contributed by atoms with van der Waals surface area (Å²) in [4.78, 5) is 2.94. The van der Waals surface area contributed by atoms with Crippen LogP contribution in [0.5, 0.6) is 0 Å². The van der Waals surface area contributed by atoms with E-state index in [4.69, 9.17) is 5.41 Å². The lowest BCUT2D eigenvalue weighted by atomic mass is 10.2. The van der Waals surface area contributed by atoms with E-state index in [9.17, 15) is 0 Å². The molecule has 0 spiro atoms. The third-order valence-corrected chi connectivity index (χ3v) is 3.07. The number of rotatable bonds is 3. The summed E-state index contributed by atoms with van der Waals surface area (Å²) in [5, 5.41) is 12.1. The van der Waals surface area contributed by atoms with Gasteiger partial charge in [-0.3, -0.25) is 5.41 Å². The molecule has 0 saturated carbocycles. The first-order chi connectivity index (χ1) is 6.95. The van der Waals surface area contributed by atoms with Crippen LogP contribution in [-0.4, -0.2) is 32.4 Å². The van der Waals surface area contributed by atoms with Crippen molar-refractivity contribution in [1.82, 2.24) is 14.5 Å². The Labute approximate surface area is 95.0 Å². The molecule has 4 nitrogen and oxygen atoms in total. The number of hydrogen-bond acceptors (Lipinski definition) is 4. The molecule has 0 unspecified atom stereocenters. The van der Waals surface area contributed by atoms with Crippen LogP contribution < -0.4 is 0 Å². The van der Waals surface area contributed by atoms with Gasteiger partial charge in [0.05, 0.1) is 5.69 Å². The van der Waals surface area contributed by atoms with Gasteiger partial charge in [-0.25, -0.2) is 0 Å². The van der Waals surface area contributed by atoms with E-state index in [2.05, 4.69) is 42.2 Å². The number of nitrogens with one attached hydrogen (secondary N) is 1. The molecule has 15 heavy (non-hydrogen) atoms. The standard InChI is InChI=1S/C10H18N4S/c1-6(2)14(7(3)4)10(11)9-8(5)12-13-15-9/h6-7,11H,1-5H3. The lowest BCUT2D eigenvalue weighted by Crippen LogP contribution is -2.42. The molecule has 1 N–H and O–H groups in total. The SMILES string of the molecule is Cc1nnsc1C(=N)N(C(C)C)C(C)C. The van der Waals surface area contributed by atoms with Crippen LogP contribution in [-0.2, 0) is 0 Å². The molecule has 1 aromatic rings. The predicted molar refractivity (Wildman–Crippen MR) is 63.6 cm³/mol. The van der Waals surface area contributed by atoms with Crippen molar-refractivity contribution in [2.24, 2.45) is 0 Å². The largest absolute Gasteiger partial charge is 0.351 e. The Morgan fingerprint density at radius 1 is 1.27 bits per heavy atom. The van der Waals surface area contributed by atoms with Gasteiger partial charge in [-0.1, -0.05) is 4.49 Å². The van der Waals surface area contributed by atoms with Crippen molar-refractivity contribution in [3.05, 3.63) is 10.6 Å². The maximum absolute atomic E-state index is 8.16. The van der Waals surface area contributed by atoms with E-state index >= 15 is 0 Å². The zero-order valence-electron chi connectivity index (χ0n) is 9.90. The van der Waals surface area contributed by atoms with Gasteiger partial charge >= 0.3 is 0 Å². The van der Waals surface area contributed by atoms with E-state index in [1.165, 1.54) is 11.5 Å². The molecule has 1 heterocycles. The zero-order chi connectivity index (χ0) is 11.6. The molecule has 0 aliphatic heterocycles. The number of amidine groups is 1. The van der Waals surface area contributed by atoms with E-state index in [0.717, 1.165) is 10.6 Å². The highest BCUT2D eigenvalue weighted by Gasteiger charge is 2.21. The summed E-state index contributed by atoms with van der Waals surface area (Å²) in [5.74, 6) is 0.535. The predicted octanol–water partition coefficient (Wildman–Crippen LogP) is 2.29. The second-order valence-electron chi connectivity index (χ2n) is 4.13. The zero-order valence-corrected chi connectivity index (χ0v) is 10.7. The minimum absolute atomic E-state index is 0.319. The molecular formula is C10H18N4S. The Balaban J connectivity index is 2.96. The van der Waals surface area contributed by atoms with Crippen LogP contribution in [0, 0.1) is 12.3 Å². The highest BCUT2D eigenvalue weighted by molar-refractivity contribution is 7.08. The van der Waals surface area contributed by atoms with Crippen molar-refractivity contribution >= 4 is 17.4 Å². The highest BCUT2D eigenvalue weighted by atomic mass is 32.1. The van der Waals surface area contributed by atoms with Gasteiger partial charge in [-0.05, 0) is 46.2 Å². The third kappa shape index (κ3) is 2.53. The molecule has 1 rings (SSSR count). The van der Waals surface area contributed by atoms with E-state index in [1.807, 2.05) is 6.92 Å². The summed E-state index contributed by atoms with van der Waals surface area (Å²) in [5.41, 5.74) is 0.844. The number of aryl methyl sites for hydroxylation is 1. The molecule has 5 heteroatoms. The molecule has 0 saturated heterocycles. The summed E-state index contributed by atoms with van der Waals surface area (Å²) >= 11 is 1.29. The number of nitrogens with zero attached hydrogens (tertiary/aromatic N) is 3. The lowest BCUT2D eigenvalue weighted by Gasteiger charge is -2.32. The molecule has 0 aromatic carbocycles. The molecule has 0 amide bonds. The second-order valence-corrected chi connectivity index (χ2v) is 4.88. The first-order valence-electron chi connectivity index (χ1n) is 5.11. The van der Waals surface area contributed by atoms with Crippen LogP contribution in [0.2, 0.25) is 0 Å². The molecule has 0 aliphatic rings. The van der Waals surface area contributed by atoms with Crippen molar-refractivity contribution in [3.8, 4) is 0 Å². The molecule has 1 aromatic heterocycles. The first-order valence-corrected chi connectivity index (χ1v) is 5.88. The Morgan fingerprint density at radius 2 is 1.80 bits per heavy atom. The topological polar surface area (TPSA) is 52.9 Å². The van der Waals surface area contributed by atoms with Crippen molar-refractivity contribution in [2.75, 3.05) is 0 Å². The van der Waals surface area contributed by atoms with Gasteiger partial charge in [0.15, 0.2) is 0 Å². The smallest absolute Gasteiger partial charge is 0.142 e. The van der Waals surface area contributed by atoms with Crippen LogP contribution >= 0.6 is 11.5 Å². The van der Waals surface area contributed by atoms with Gasteiger partial charge in [-0.2, -0.15) is 0 Å². The second kappa shape index (κ2) is 4.70. The fourth-order valence-electron chi connectivity index (χ4n) is 1.68. The van der Waals surface area contributed by atoms with Gasteiger partial charge in [0.2, 0.25) is 0 Å². The molecule has 0 atom stereocenters. The van der Waals surface area contributed by atoms with Crippen LogP contribution in [0.15, 0.2) is 0 Å². The summed E-state index contributed by atoms with van der Waals surface area (Å²) < 4.78 is 3.87. The normalized spacial score (nSPS) is 11.1. The van der Waals surface area contributed by atoms with Gasteiger partial charge in [0.25, 0.3) is 0 Å².